The quantitative estimate of drug-likeness (QED) is 0.177. The molecule has 0 fully saturated rings. The summed E-state index contributed by atoms with van der Waals surface area (Å²) in [7, 11) is 7.22. The van der Waals surface area contributed by atoms with E-state index in [1.54, 1.807) is 14.2 Å². The molecule has 0 unspecified atom stereocenters. The third-order valence-electron chi connectivity index (χ3n) is 11.3. The summed E-state index contributed by atoms with van der Waals surface area (Å²) in [5, 5.41) is 9.55. The molecular weight excluding hydrogens is 729 g/mol. The number of hydrogen-bond acceptors (Lipinski definition) is 6. The van der Waals surface area contributed by atoms with Crippen LogP contribution < -0.4 is 18.9 Å². The average molecular weight is 773 g/mol. The highest BCUT2D eigenvalue weighted by molar-refractivity contribution is 7.98. The van der Waals surface area contributed by atoms with Gasteiger partial charge < -0.3 is 18.9 Å². The molecule has 0 saturated carbocycles. The van der Waals surface area contributed by atoms with Crippen LogP contribution in [0, 0.1) is 0 Å². The van der Waals surface area contributed by atoms with Gasteiger partial charge in [-0.15, -0.1) is 0 Å². The van der Waals surface area contributed by atoms with Crippen molar-refractivity contribution < 1.29 is 18.9 Å². The highest BCUT2D eigenvalue weighted by atomic mass is 32.2. The van der Waals surface area contributed by atoms with Crippen molar-refractivity contribution in [2.45, 2.75) is 35.9 Å². The van der Waals surface area contributed by atoms with Crippen molar-refractivity contribution in [1.29, 1.82) is 0 Å². The Morgan fingerprint density at radius 3 is 1.07 bits per heavy atom. The Morgan fingerprint density at radius 1 is 0.339 bits per heavy atom. The molecule has 1 aliphatic heterocycles. The van der Waals surface area contributed by atoms with E-state index in [0.717, 1.165) is 63.2 Å². The van der Waals surface area contributed by atoms with Gasteiger partial charge in [-0.1, -0.05) is 109 Å². The highest BCUT2D eigenvalue weighted by Gasteiger charge is 2.22. The molecule has 4 nitrogen and oxygen atoms in total. The van der Waals surface area contributed by atoms with Crippen molar-refractivity contribution in [3.05, 3.63) is 166 Å². The fourth-order valence-electron chi connectivity index (χ4n) is 8.90. The maximum atomic E-state index is 6.39. The molecule has 1 heterocycles. The zero-order valence-corrected chi connectivity index (χ0v) is 33.9. The van der Waals surface area contributed by atoms with E-state index in [-0.39, 0.29) is 0 Å². The summed E-state index contributed by atoms with van der Waals surface area (Å²) in [6.45, 7) is 0. The molecule has 0 aromatic heterocycles. The number of thioether (sulfide) groups is 2. The molecular formula is C50H44O4S2. The lowest BCUT2D eigenvalue weighted by atomic mass is 9.90. The number of hydrogen-bond donors (Lipinski definition) is 0. The van der Waals surface area contributed by atoms with Gasteiger partial charge in [-0.25, -0.2) is 0 Å². The van der Waals surface area contributed by atoms with Crippen LogP contribution in [-0.2, 0) is 35.9 Å². The zero-order chi connectivity index (χ0) is 38.2. The predicted octanol–water partition coefficient (Wildman–Crippen LogP) is 12.7. The van der Waals surface area contributed by atoms with Crippen LogP contribution >= 0.6 is 23.5 Å². The van der Waals surface area contributed by atoms with E-state index >= 15 is 0 Å². The van der Waals surface area contributed by atoms with Gasteiger partial charge in [0.2, 0.25) is 0 Å². The van der Waals surface area contributed by atoms with Gasteiger partial charge >= 0.3 is 0 Å². The van der Waals surface area contributed by atoms with E-state index in [4.69, 9.17) is 18.9 Å². The molecule has 0 saturated heterocycles. The van der Waals surface area contributed by atoms with E-state index in [0.29, 0.717) is 6.42 Å². The number of fused-ring (bicyclic) bond motifs is 16. The van der Waals surface area contributed by atoms with Crippen LogP contribution in [0.1, 0.15) is 44.5 Å². The van der Waals surface area contributed by atoms with E-state index in [2.05, 4.69) is 121 Å². The third-order valence-corrected chi connectivity index (χ3v) is 13.3. The molecule has 0 amide bonds. The van der Waals surface area contributed by atoms with Crippen LogP contribution in [0.3, 0.4) is 0 Å². The normalized spacial score (nSPS) is 13.5. The van der Waals surface area contributed by atoms with Gasteiger partial charge in [0.15, 0.2) is 0 Å². The Balaban J connectivity index is 1.27. The fourth-order valence-corrected chi connectivity index (χ4v) is 10.8. The monoisotopic (exact) mass is 772 g/mol. The van der Waals surface area contributed by atoms with Gasteiger partial charge in [-0.3, -0.25) is 0 Å². The lowest BCUT2D eigenvalue weighted by molar-refractivity contribution is 0.403. The second-order valence-electron chi connectivity index (χ2n) is 14.4. The number of methoxy groups -OCH3 is 4. The Labute approximate surface area is 337 Å². The minimum absolute atomic E-state index is 0.675. The smallest absolute Gasteiger partial charge is 0.130 e. The third kappa shape index (κ3) is 6.49. The summed E-state index contributed by atoms with van der Waals surface area (Å²) in [4.78, 5) is 0. The van der Waals surface area contributed by atoms with Gasteiger partial charge in [0, 0.05) is 73.6 Å². The van der Waals surface area contributed by atoms with Crippen molar-refractivity contribution >= 4 is 66.6 Å². The first-order valence-corrected chi connectivity index (χ1v) is 21.4. The number of rotatable bonds is 4. The molecule has 6 heteroatoms. The van der Waals surface area contributed by atoms with Gasteiger partial charge in [0.05, 0.1) is 28.4 Å². The Bertz CT molecular complexity index is 2580. The SMILES string of the molecule is COc1c2cc3ccccc3c1Cc1c(OC)c(cc3ccccc13)CSCc1cc(c3ccccc3c1OC)Cc1cc(c(OC)c3ccccc13)CSC2. The van der Waals surface area contributed by atoms with Crippen molar-refractivity contribution in [3.8, 4) is 23.0 Å². The standard InChI is InChI=1S/C50H44O4S2/c1-51-47-37-24-33(41-17-9-11-19-43(41)47)23-34-25-38(48(52-2)44-20-12-10-18-42(34)44)30-56-28-36-22-32-14-6-8-16-40(32)46(50(36)54-4)26-45-39-15-7-5-13-31(39)21-35(27-55-29-37)49(45)53-3/h5-22,24-25H,23,26-30H2,1-4H3. The van der Waals surface area contributed by atoms with Crippen LogP contribution in [0.25, 0.3) is 43.1 Å². The van der Waals surface area contributed by atoms with E-state index < -0.39 is 0 Å². The average Bonchev–Trinajstić information content (AvgIpc) is 3.23. The molecule has 1 aliphatic rings. The first-order chi connectivity index (χ1) is 27.6. The number of ether oxygens (including phenoxy) is 4. The lowest BCUT2D eigenvalue weighted by Gasteiger charge is -2.22. The minimum atomic E-state index is 0.675. The molecule has 0 spiro atoms. The fraction of sp³-hybridized carbons (Fsp3) is 0.200. The summed E-state index contributed by atoms with van der Waals surface area (Å²) in [6, 6.07) is 44.2. The van der Waals surface area contributed by atoms with Gasteiger partial charge in [-0.05, 0) is 62.0 Å². The second kappa shape index (κ2) is 15.7. The van der Waals surface area contributed by atoms with Crippen LogP contribution in [0.4, 0.5) is 0 Å². The van der Waals surface area contributed by atoms with Crippen LogP contribution in [0.15, 0.2) is 121 Å². The minimum Gasteiger partial charge on any atom is -0.496 e. The van der Waals surface area contributed by atoms with Crippen molar-refractivity contribution in [3.63, 3.8) is 0 Å². The molecule has 0 N–H and O–H groups in total. The van der Waals surface area contributed by atoms with E-state index in [9.17, 15) is 0 Å². The van der Waals surface area contributed by atoms with Crippen LogP contribution in [0.2, 0.25) is 0 Å². The maximum absolute atomic E-state index is 6.39. The Kier molecular flexibility index (Phi) is 10.2. The van der Waals surface area contributed by atoms with E-state index in [1.165, 1.54) is 76.8 Å². The molecule has 8 bridgehead atoms. The van der Waals surface area contributed by atoms with Gasteiger partial charge in [0.1, 0.15) is 23.0 Å². The van der Waals surface area contributed by atoms with Crippen LogP contribution in [-0.4, -0.2) is 28.4 Å². The predicted molar refractivity (Wildman–Crippen MR) is 238 cm³/mol. The topological polar surface area (TPSA) is 36.9 Å². The Morgan fingerprint density at radius 2 is 0.679 bits per heavy atom. The Hall–Kier alpha value is -5.30. The van der Waals surface area contributed by atoms with Crippen LogP contribution in [0.5, 0.6) is 23.0 Å². The molecule has 8 aromatic carbocycles. The first-order valence-electron chi connectivity index (χ1n) is 19.1. The molecule has 56 heavy (non-hydrogen) atoms. The molecule has 0 radical (unpaired) electrons. The summed E-state index contributed by atoms with van der Waals surface area (Å²) in [5.41, 5.74) is 9.72. The van der Waals surface area contributed by atoms with Crippen molar-refractivity contribution in [2.75, 3.05) is 28.4 Å². The lowest BCUT2D eigenvalue weighted by Crippen LogP contribution is -2.04. The van der Waals surface area contributed by atoms with Gasteiger partial charge in [0.25, 0.3) is 0 Å². The summed E-state index contributed by atoms with van der Waals surface area (Å²) < 4.78 is 25.2. The molecule has 280 valence electrons. The second-order valence-corrected chi connectivity index (χ2v) is 16.4. The molecule has 0 aliphatic carbocycles. The summed E-state index contributed by atoms with van der Waals surface area (Å²) in [6.07, 6.45) is 1.46. The van der Waals surface area contributed by atoms with Crippen molar-refractivity contribution in [1.82, 2.24) is 0 Å². The molecule has 9 rings (SSSR count). The van der Waals surface area contributed by atoms with E-state index in [1.807, 2.05) is 37.7 Å². The summed E-state index contributed by atoms with van der Waals surface area (Å²) in [5.74, 6) is 6.93. The van der Waals surface area contributed by atoms with Crippen molar-refractivity contribution in [2.24, 2.45) is 0 Å². The molecule has 8 aromatic rings. The first kappa shape index (κ1) is 36.3. The van der Waals surface area contributed by atoms with Gasteiger partial charge in [-0.2, -0.15) is 23.5 Å². The zero-order valence-electron chi connectivity index (χ0n) is 32.2. The highest BCUT2D eigenvalue weighted by Crippen LogP contribution is 2.44. The number of benzene rings is 8. The summed E-state index contributed by atoms with van der Waals surface area (Å²) >= 11 is 3.79. The largest absolute Gasteiger partial charge is 0.496 e. The molecule has 0 atom stereocenters. The maximum Gasteiger partial charge on any atom is 0.130 e.